The minimum absolute atomic E-state index is 0.199. The molecule has 0 aliphatic carbocycles. The van der Waals surface area contributed by atoms with Crippen molar-refractivity contribution in [3.63, 3.8) is 0 Å². The van der Waals surface area contributed by atoms with Gasteiger partial charge in [-0.3, -0.25) is 0 Å². The topological polar surface area (TPSA) is 46.3 Å². The Morgan fingerprint density at radius 3 is 2.55 bits per heavy atom. The SMILES string of the molecule is CC(N)C1=Cc2cccc(Cl)c2[C@@H](C=O)N1c1ccccc1. The number of anilines is 1. The maximum absolute atomic E-state index is 11.9. The number of rotatable bonds is 3. The largest absolute Gasteiger partial charge is 0.329 e. The molecule has 1 heterocycles. The molecule has 0 fully saturated rings. The standard InChI is InChI=1S/C18H17ClN2O/c1-12(20)16-10-13-6-5-9-15(19)18(13)17(11-22)21(16)14-7-3-2-4-8-14/h2-12,17H,20H2,1H3/t12?,17-/m1/s1. The summed E-state index contributed by atoms with van der Waals surface area (Å²) in [4.78, 5) is 13.8. The summed E-state index contributed by atoms with van der Waals surface area (Å²) in [5.41, 5.74) is 9.75. The van der Waals surface area contributed by atoms with Crippen LogP contribution in [0.1, 0.15) is 24.1 Å². The van der Waals surface area contributed by atoms with Crippen LogP contribution in [0.3, 0.4) is 0 Å². The molecule has 2 atom stereocenters. The van der Waals surface area contributed by atoms with E-state index < -0.39 is 6.04 Å². The molecule has 4 heteroatoms. The van der Waals surface area contributed by atoms with Gasteiger partial charge in [-0.2, -0.15) is 0 Å². The third kappa shape index (κ3) is 2.43. The van der Waals surface area contributed by atoms with Crippen LogP contribution < -0.4 is 10.6 Å². The van der Waals surface area contributed by atoms with Gasteiger partial charge in [0.15, 0.2) is 0 Å². The van der Waals surface area contributed by atoms with Gasteiger partial charge in [-0.05, 0) is 36.8 Å². The van der Waals surface area contributed by atoms with Crippen molar-refractivity contribution in [3.05, 3.63) is 70.4 Å². The van der Waals surface area contributed by atoms with Crippen LogP contribution in [0.5, 0.6) is 0 Å². The molecule has 1 aliphatic heterocycles. The summed E-state index contributed by atoms with van der Waals surface area (Å²) < 4.78 is 0. The lowest BCUT2D eigenvalue weighted by Crippen LogP contribution is -2.39. The lowest BCUT2D eigenvalue weighted by atomic mass is 9.92. The number of benzene rings is 2. The summed E-state index contributed by atoms with van der Waals surface area (Å²) in [6.45, 7) is 1.92. The van der Waals surface area contributed by atoms with Crippen LogP contribution in [0.2, 0.25) is 5.02 Å². The Morgan fingerprint density at radius 1 is 1.18 bits per heavy atom. The molecule has 2 aromatic carbocycles. The molecular formula is C18H17ClN2O. The summed E-state index contributed by atoms with van der Waals surface area (Å²) in [6.07, 6.45) is 2.94. The average Bonchev–Trinajstić information content (AvgIpc) is 2.54. The van der Waals surface area contributed by atoms with Crippen molar-refractivity contribution < 1.29 is 4.79 Å². The fourth-order valence-corrected chi connectivity index (χ4v) is 3.18. The minimum atomic E-state index is -0.475. The van der Waals surface area contributed by atoms with Gasteiger partial charge in [0.1, 0.15) is 12.3 Å². The van der Waals surface area contributed by atoms with E-state index in [-0.39, 0.29) is 6.04 Å². The molecule has 3 rings (SSSR count). The van der Waals surface area contributed by atoms with Gasteiger partial charge in [0.25, 0.3) is 0 Å². The Balaban J connectivity index is 2.24. The van der Waals surface area contributed by atoms with Gasteiger partial charge in [-0.25, -0.2) is 0 Å². The molecule has 0 saturated heterocycles. The number of aldehydes is 1. The van der Waals surface area contributed by atoms with Crippen LogP contribution in [-0.4, -0.2) is 12.3 Å². The molecule has 1 aliphatic rings. The highest BCUT2D eigenvalue weighted by Crippen LogP contribution is 2.40. The quantitative estimate of drug-likeness (QED) is 0.877. The van der Waals surface area contributed by atoms with E-state index in [9.17, 15) is 4.79 Å². The van der Waals surface area contributed by atoms with E-state index >= 15 is 0 Å². The van der Waals surface area contributed by atoms with Gasteiger partial charge in [0.05, 0.1) is 0 Å². The Bertz CT molecular complexity index is 725. The van der Waals surface area contributed by atoms with Crippen LogP contribution in [0.25, 0.3) is 6.08 Å². The highest BCUT2D eigenvalue weighted by Gasteiger charge is 2.32. The Morgan fingerprint density at radius 2 is 1.91 bits per heavy atom. The molecule has 3 nitrogen and oxygen atoms in total. The number of carbonyl (C=O) groups is 1. The molecule has 1 unspecified atom stereocenters. The summed E-state index contributed by atoms with van der Waals surface area (Å²) in [5.74, 6) is 0. The minimum Gasteiger partial charge on any atom is -0.329 e. The monoisotopic (exact) mass is 312 g/mol. The smallest absolute Gasteiger partial charge is 0.147 e. The zero-order chi connectivity index (χ0) is 15.7. The van der Waals surface area contributed by atoms with E-state index in [4.69, 9.17) is 17.3 Å². The van der Waals surface area contributed by atoms with Gasteiger partial charge in [0.2, 0.25) is 0 Å². The number of hydrogen-bond acceptors (Lipinski definition) is 3. The first-order chi connectivity index (χ1) is 10.6. The van der Waals surface area contributed by atoms with Crippen LogP contribution in [0.15, 0.2) is 54.2 Å². The van der Waals surface area contributed by atoms with E-state index in [1.54, 1.807) is 0 Å². The molecule has 0 amide bonds. The van der Waals surface area contributed by atoms with Crippen LogP contribution in [0, 0.1) is 0 Å². The number of para-hydroxylation sites is 1. The predicted octanol–water partition coefficient (Wildman–Crippen LogP) is 3.79. The van der Waals surface area contributed by atoms with Crippen molar-refractivity contribution in [3.8, 4) is 0 Å². The summed E-state index contributed by atoms with van der Waals surface area (Å²) in [7, 11) is 0. The first-order valence-electron chi connectivity index (χ1n) is 7.18. The van der Waals surface area contributed by atoms with E-state index in [0.717, 1.165) is 28.8 Å². The summed E-state index contributed by atoms with van der Waals surface area (Å²) in [6, 6.07) is 14.7. The number of fused-ring (bicyclic) bond motifs is 1. The van der Waals surface area contributed by atoms with Crippen molar-refractivity contribution in [2.45, 2.75) is 19.0 Å². The molecular weight excluding hydrogens is 296 g/mol. The normalized spacial score (nSPS) is 18.4. The number of hydrogen-bond donors (Lipinski definition) is 1. The summed E-state index contributed by atoms with van der Waals surface area (Å²) in [5, 5.41) is 0.593. The number of carbonyl (C=O) groups excluding carboxylic acids is 1. The second kappa shape index (κ2) is 5.95. The van der Waals surface area contributed by atoms with Crippen molar-refractivity contribution in [2.24, 2.45) is 5.73 Å². The molecule has 2 aromatic rings. The first kappa shape index (κ1) is 14.8. The maximum Gasteiger partial charge on any atom is 0.147 e. The Kier molecular flexibility index (Phi) is 4.01. The molecule has 0 spiro atoms. The second-order valence-corrected chi connectivity index (χ2v) is 5.79. The van der Waals surface area contributed by atoms with Gasteiger partial charge in [-0.15, -0.1) is 0 Å². The van der Waals surface area contributed by atoms with Gasteiger partial charge < -0.3 is 15.4 Å². The van der Waals surface area contributed by atoms with Crippen LogP contribution in [0.4, 0.5) is 5.69 Å². The van der Waals surface area contributed by atoms with E-state index in [1.165, 1.54) is 0 Å². The lowest BCUT2D eigenvalue weighted by molar-refractivity contribution is -0.109. The molecule has 2 N–H and O–H groups in total. The van der Waals surface area contributed by atoms with Crippen molar-refractivity contribution in [2.75, 3.05) is 4.90 Å². The predicted molar refractivity (Wildman–Crippen MR) is 90.8 cm³/mol. The fraction of sp³-hybridized carbons (Fsp3) is 0.167. The third-order valence-electron chi connectivity index (χ3n) is 3.87. The summed E-state index contributed by atoms with van der Waals surface area (Å²) >= 11 is 6.35. The van der Waals surface area contributed by atoms with Gasteiger partial charge in [-0.1, -0.05) is 41.9 Å². The third-order valence-corrected chi connectivity index (χ3v) is 4.20. The molecule has 0 radical (unpaired) electrons. The first-order valence-corrected chi connectivity index (χ1v) is 7.56. The number of nitrogens with zero attached hydrogens (tertiary/aromatic N) is 1. The van der Waals surface area contributed by atoms with Crippen LogP contribution >= 0.6 is 11.6 Å². The van der Waals surface area contributed by atoms with Crippen molar-refractivity contribution >= 4 is 29.7 Å². The van der Waals surface area contributed by atoms with Crippen molar-refractivity contribution in [1.82, 2.24) is 0 Å². The lowest BCUT2D eigenvalue weighted by Gasteiger charge is -2.38. The Hall–Kier alpha value is -2.10. The number of nitrogens with two attached hydrogens (primary N) is 1. The molecule has 22 heavy (non-hydrogen) atoms. The molecule has 0 aromatic heterocycles. The molecule has 0 bridgehead atoms. The Labute approximate surface area is 135 Å². The van der Waals surface area contributed by atoms with E-state index in [2.05, 4.69) is 0 Å². The highest BCUT2D eigenvalue weighted by atomic mass is 35.5. The van der Waals surface area contributed by atoms with Crippen molar-refractivity contribution in [1.29, 1.82) is 0 Å². The number of halogens is 1. The van der Waals surface area contributed by atoms with E-state index in [0.29, 0.717) is 5.02 Å². The average molecular weight is 313 g/mol. The zero-order valence-corrected chi connectivity index (χ0v) is 13.0. The maximum atomic E-state index is 11.9. The van der Waals surface area contributed by atoms with Gasteiger partial charge in [0, 0.05) is 28.0 Å². The fourth-order valence-electron chi connectivity index (χ4n) is 2.89. The van der Waals surface area contributed by atoms with E-state index in [1.807, 2.05) is 66.4 Å². The highest BCUT2D eigenvalue weighted by molar-refractivity contribution is 6.32. The molecule has 112 valence electrons. The molecule has 0 saturated carbocycles. The zero-order valence-electron chi connectivity index (χ0n) is 12.2. The second-order valence-electron chi connectivity index (χ2n) is 5.39. The van der Waals surface area contributed by atoms with Crippen LogP contribution in [-0.2, 0) is 4.79 Å². The van der Waals surface area contributed by atoms with Gasteiger partial charge >= 0.3 is 0 Å².